The van der Waals surface area contributed by atoms with E-state index in [0.717, 1.165) is 41.9 Å². The first-order chi connectivity index (χ1) is 23.5. The number of nitrogens with zero attached hydrogens (tertiary/aromatic N) is 5. The van der Waals surface area contributed by atoms with Crippen LogP contribution in [0.3, 0.4) is 0 Å². The molecule has 4 aromatic rings. The number of fused-ring (bicyclic) bond motifs is 4. The van der Waals surface area contributed by atoms with E-state index in [1.165, 1.54) is 0 Å². The summed E-state index contributed by atoms with van der Waals surface area (Å²) in [7, 11) is 1.54. The molecule has 2 atom stereocenters. The summed E-state index contributed by atoms with van der Waals surface area (Å²) in [4.78, 5) is 43.0. The van der Waals surface area contributed by atoms with Crippen LogP contribution in [0.25, 0.3) is 32.9 Å². The molecule has 254 valence electrons. The molecule has 2 bridgehead atoms. The fourth-order valence-electron chi connectivity index (χ4n) is 6.97. The molecule has 7 rings (SSSR count). The van der Waals surface area contributed by atoms with E-state index in [9.17, 15) is 9.59 Å². The molecule has 0 N–H and O–H groups in total. The van der Waals surface area contributed by atoms with Gasteiger partial charge < -0.3 is 23.9 Å². The molecule has 2 aromatic carbocycles. The first-order valence-electron chi connectivity index (χ1n) is 16.8. The highest BCUT2D eigenvalue weighted by atomic mass is 19.1. The molecule has 2 saturated heterocycles. The minimum atomic E-state index is -0.698. The average Bonchev–Trinajstić information content (AvgIpc) is 3.82. The Morgan fingerprint density at radius 1 is 1.14 bits per heavy atom. The predicted molar refractivity (Wildman–Crippen MR) is 184 cm³/mol. The first kappa shape index (κ1) is 32.7. The molecule has 3 fully saturated rings. The molecule has 2 unspecified atom stereocenters. The van der Waals surface area contributed by atoms with Gasteiger partial charge in [-0.1, -0.05) is 31.0 Å². The van der Waals surface area contributed by atoms with Crippen LogP contribution in [0.1, 0.15) is 64.8 Å². The number of methoxy groups -OCH3 is 1. The lowest BCUT2D eigenvalue weighted by Crippen LogP contribution is -2.57. The minimum absolute atomic E-state index is 0.0378. The third-order valence-electron chi connectivity index (χ3n) is 9.50. The second-order valence-electron chi connectivity index (χ2n) is 14.1. The number of benzene rings is 2. The third-order valence-corrected chi connectivity index (χ3v) is 9.50. The molecule has 10 nitrogen and oxygen atoms in total. The minimum Gasteiger partial charge on any atom is -0.468 e. The number of carbonyl (C=O) groups is 2. The molecule has 1 amide bonds. The molecule has 0 spiro atoms. The van der Waals surface area contributed by atoms with Gasteiger partial charge in [0.05, 0.1) is 22.9 Å². The summed E-state index contributed by atoms with van der Waals surface area (Å²) in [5.41, 5.74) is 0.536. The van der Waals surface area contributed by atoms with E-state index in [1.54, 1.807) is 19.4 Å². The van der Waals surface area contributed by atoms with Crippen molar-refractivity contribution in [1.82, 2.24) is 19.9 Å². The Morgan fingerprint density at radius 3 is 2.55 bits per heavy atom. The van der Waals surface area contributed by atoms with E-state index in [0.29, 0.717) is 48.4 Å². The maximum Gasteiger partial charge on any atom is 0.410 e. The normalized spacial score (nSPS) is 19.5. The van der Waals surface area contributed by atoms with Gasteiger partial charge in [0.1, 0.15) is 34.7 Å². The van der Waals surface area contributed by atoms with E-state index in [2.05, 4.69) is 28.6 Å². The van der Waals surface area contributed by atoms with Crippen molar-refractivity contribution in [2.45, 2.75) is 77.5 Å². The highest BCUT2D eigenvalue weighted by molar-refractivity contribution is 6.01. The second-order valence-corrected chi connectivity index (χ2v) is 14.1. The molecular weight excluding hydrogens is 625 g/mol. The van der Waals surface area contributed by atoms with E-state index in [-0.39, 0.29) is 42.0 Å². The van der Waals surface area contributed by atoms with E-state index in [4.69, 9.17) is 24.2 Å². The number of rotatable bonds is 7. The number of amides is 1. The Bertz CT molecular complexity index is 2010. The van der Waals surface area contributed by atoms with Crippen LogP contribution >= 0.6 is 0 Å². The third kappa shape index (κ3) is 6.26. The Kier molecular flexibility index (Phi) is 8.39. The van der Waals surface area contributed by atoms with Gasteiger partial charge in [-0.15, -0.1) is 0 Å². The topological polar surface area (TPSA) is 107 Å². The van der Waals surface area contributed by atoms with Gasteiger partial charge in [0.25, 0.3) is 0 Å². The molecule has 1 saturated carbocycles. The number of carbonyl (C=O) groups excluding carboxylic acids is 2. The van der Waals surface area contributed by atoms with Gasteiger partial charge in [0.15, 0.2) is 12.6 Å². The number of piperazine rings is 1. The maximum absolute atomic E-state index is 17.1. The Morgan fingerprint density at radius 2 is 1.90 bits per heavy atom. The lowest BCUT2D eigenvalue weighted by molar-refractivity contribution is -0.110. The number of halogens is 1. The standard InChI is InChI=1S/C38H40FN5O5/c1-6-23-8-7-9-24-16-27(48-22-47-5)17-28(31(23)24)33-32(39)34-29(18-40-33)35(42-30(41-34)12-13-38(21-45)14-15-38)43-19-25-10-11-26(20-43)44(25)36(46)49-37(2,3)4/h7-9,16-18,21,25-26H,6,10-11,14-15,19-20,22H2,1-5H3. The van der Waals surface area contributed by atoms with Crippen molar-refractivity contribution in [2.24, 2.45) is 5.41 Å². The smallest absolute Gasteiger partial charge is 0.410 e. The van der Waals surface area contributed by atoms with Gasteiger partial charge in [-0.05, 0) is 87.3 Å². The molecular formula is C38H40FN5O5. The van der Waals surface area contributed by atoms with Gasteiger partial charge in [-0.3, -0.25) is 9.88 Å². The highest BCUT2D eigenvalue weighted by Gasteiger charge is 2.45. The van der Waals surface area contributed by atoms with Crippen LogP contribution < -0.4 is 9.64 Å². The SMILES string of the molecule is CCc1cccc2cc(OCOC)cc(-c3ncc4c(N5CC6CCC(C5)N6C(=O)OC(C)(C)C)nc(C#CC5(C=O)CC5)nc4c3F)c12. The average molecular weight is 666 g/mol. The summed E-state index contributed by atoms with van der Waals surface area (Å²) in [6.07, 6.45) is 5.90. The van der Waals surface area contributed by atoms with Crippen molar-refractivity contribution in [3.8, 4) is 28.8 Å². The molecule has 0 radical (unpaired) electrons. The lowest BCUT2D eigenvalue weighted by atomic mass is 9.95. The summed E-state index contributed by atoms with van der Waals surface area (Å²) >= 11 is 0. The van der Waals surface area contributed by atoms with Crippen LogP contribution in [0.4, 0.5) is 15.0 Å². The summed E-state index contributed by atoms with van der Waals surface area (Å²) in [6, 6.07) is 9.48. The molecule has 1 aliphatic carbocycles. The summed E-state index contributed by atoms with van der Waals surface area (Å²) in [6.45, 7) is 8.65. The Balaban J connectivity index is 1.36. The lowest BCUT2D eigenvalue weighted by Gasteiger charge is -2.42. The number of ether oxygens (including phenoxy) is 3. The molecule has 11 heteroatoms. The summed E-state index contributed by atoms with van der Waals surface area (Å²) in [5.74, 6) is 6.58. The number of aryl methyl sites for hydroxylation is 1. The van der Waals surface area contributed by atoms with Crippen molar-refractivity contribution in [1.29, 1.82) is 0 Å². The quantitative estimate of drug-likeness (QED) is 0.125. The Labute approximate surface area is 285 Å². The van der Waals surface area contributed by atoms with Gasteiger partial charge in [-0.2, -0.15) is 0 Å². The molecule has 2 aliphatic heterocycles. The fraction of sp³-hybridized carbons (Fsp3) is 0.447. The zero-order valence-electron chi connectivity index (χ0n) is 28.5. The maximum atomic E-state index is 17.1. The largest absolute Gasteiger partial charge is 0.468 e. The fourth-order valence-corrected chi connectivity index (χ4v) is 6.97. The summed E-state index contributed by atoms with van der Waals surface area (Å²) in [5, 5.41) is 2.22. The number of pyridine rings is 1. The van der Waals surface area contributed by atoms with Crippen LogP contribution in [-0.2, 0) is 20.7 Å². The molecule has 4 heterocycles. The number of aldehydes is 1. The van der Waals surface area contributed by atoms with Crippen LogP contribution in [0.2, 0.25) is 0 Å². The monoisotopic (exact) mass is 665 g/mol. The number of aromatic nitrogens is 3. The highest BCUT2D eigenvalue weighted by Crippen LogP contribution is 2.43. The molecule has 49 heavy (non-hydrogen) atoms. The van der Waals surface area contributed by atoms with Crippen LogP contribution in [0.5, 0.6) is 5.75 Å². The van der Waals surface area contributed by atoms with Crippen molar-refractivity contribution in [3.05, 3.63) is 53.7 Å². The van der Waals surface area contributed by atoms with Gasteiger partial charge >= 0.3 is 6.09 Å². The van der Waals surface area contributed by atoms with E-state index in [1.807, 2.05) is 49.9 Å². The van der Waals surface area contributed by atoms with Gasteiger partial charge in [0.2, 0.25) is 5.82 Å². The van der Waals surface area contributed by atoms with Crippen molar-refractivity contribution < 1.29 is 28.2 Å². The second kappa shape index (κ2) is 12.6. The van der Waals surface area contributed by atoms with Gasteiger partial charge in [0, 0.05) is 32.0 Å². The zero-order valence-corrected chi connectivity index (χ0v) is 28.5. The number of hydrogen-bond acceptors (Lipinski definition) is 9. The predicted octanol–water partition coefficient (Wildman–Crippen LogP) is 6.45. The Hall–Kier alpha value is -4.82. The number of anilines is 1. The summed E-state index contributed by atoms with van der Waals surface area (Å²) < 4.78 is 33.8. The van der Waals surface area contributed by atoms with Crippen LogP contribution in [0, 0.1) is 23.1 Å². The molecule has 3 aliphatic rings. The first-order valence-corrected chi connectivity index (χ1v) is 16.8. The van der Waals surface area contributed by atoms with Crippen molar-refractivity contribution in [3.63, 3.8) is 0 Å². The van der Waals surface area contributed by atoms with Crippen molar-refractivity contribution >= 4 is 39.9 Å². The van der Waals surface area contributed by atoms with Crippen LogP contribution in [0.15, 0.2) is 36.5 Å². The van der Waals surface area contributed by atoms with Crippen LogP contribution in [-0.4, -0.2) is 76.9 Å². The van der Waals surface area contributed by atoms with Gasteiger partial charge in [-0.25, -0.2) is 19.2 Å². The van der Waals surface area contributed by atoms with E-state index >= 15 is 4.39 Å². The number of hydrogen-bond donors (Lipinski definition) is 0. The molecule has 2 aromatic heterocycles. The zero-order chi connectivity index (χ0) is 34.5. The van der Waals surface area contributed by atoms with E-state index < -0.39 is 16.8 Å². The van der Waals surface area contributed by atoms with Crippen molar-refractivity contribution in [2.75, 3.05) is 31.9 Å².